The lowest BCUT2D eigenvalue weighted by atomic mass is 10.1. The number of hydroxylamine groups is 2. The maximum atomic E-state index is 12.5. The molecule has 9 heteroatoms. The second-order valence-corrected chi connectivity index (χ2v) is 8.36. The Morgan fingerprint density at radius 1 is 1.42 bits per heavy atom. The van der Waals surface area contributed by atoms with E-state index in [-0.39, 0.29) is 30.7 Å². The predicted molar refractivity (Wildman–Crippen MR) is 87.3 cm³/mol. The van der Waals surface area contributed by atoms with Crippen LogP contribution in [0, 0.1) is 0 Å². The number of carbonyl (C=O) groups excluding carboxylic acids is 1. The van der Waals surface area contributed by atoms with E-state index in [1.165, 1.54) is 9.37 Å². The first-order valence-corrected chi connectivity index (χ1v) is 10.1. The van der Waals surface area contributed by atoms with Crippen LogP contribution < -0.4 is 0 Å². The van der Waals surface area contributed by atoms with Crippen molar-refractivity contribution in [3.05, 3.63) is 18.0 Å². The standard InChI is InChI=1S/C15H24N4O4S/c1-2-9-24(21,22)17-11-13-5-6-16-19(13)14(12-17)10-15(20)18-7-3-4-8-23-18/h5-6,14H,2-4,7-12H2,1H3/t14-/m1/s1. The minimum Gasteiger partial charge on any atom is -0.273 e. The van der Waals surface area contributed by atoms with E-state index in [0.29, 0.717) is 26.1 Å². The van der Waals surface area contributed by atoms with Gasteiger partial charge in [-0.25, -0.2) is 13.5 Å². The number of aromatic nitrogens is 2. The topological polar surface area (TPSA) is 84.7 Å². The molecule has 3 heterocycles. The molecule has 0 unspecified atom stereocenters. The maximum absolute atomic E-state index is 12.5. The molecule has 0 spiro atoms. The van der Waals surface area contributed by atoms with Crippen LogP contribution in [-0.4, -0.2) is 58.9 Å². The van der Waals surface area contributed by atoms with Gasteiger partial charge in [-0.2, -0.15) is 9.40 Å². The van der Waals surface area contributed by atoms with Crippen molar-refractivity contribution in [1.82, 2.24) is 19.1 Å². The molecule has 1 fully saturated rings. The van der Waals surface area contributed by atoms with Crippen LogP contribution in [0.25, 0.3) is 0 Å². The average molecular weight is 356 g/mol. The van der Waals surface area contributed by atoms with Gasteiger partial charge in [0.05, 0.1) is 37.1 Å². The third-order valence-electron chi connectivity index (χ3n) is 4.40. The van der Waals surface area contributed by atoms with E-state index in [4.69, 9.17) is 4.84 Å². The fourth-order valence-corrected chi connectivity index (χ4v) is 4.70. The summed E-state index contributed by atoms with van der Waals surface area (Å²) < 4.78 is 28.1. The molecule has 0 aromatic carbocycles. The minimum absolute atomic E-state index is 0.115. The van der Waals surface area contributed by atoms with E-state index in [1.54, 1.807) is 10.9 Å². The Labute approximate surface area is 142 Å². The van der Waals surface area contributed by atoms with E-state index in [1.807, 2.05) is 13.0 Å². The minimum atomic E-state index is -3.31. The van der Waals surface area contributed by atoms with Gasteiger partial charge in [0.2, 0.25) is 15.9 Å². The second kappa shape index (κ2) is 7.20. The molecule has 8 nitrogen and oxygen atoms in total. The molecule has 2 aliphatic rings. The van der Waals surface area contributed by atoms with Crippen molar-refractivity contribution in [1.29, 1.82) is 0 Å². The fourth-order valence-electron chi connectivity index (χ4n) is 3.20. The molecular weight excluding hydrogens is 332 g/mol. The quantitative estimate of drug-likeness (QED) is 0.783. The molecule has 1 amide bonds. The van der Waals surface area contributed by atoms with E-state index in [0.717, 1.165) is 18.5 Å². The Kier molecular flexibility index (Phi) is 5.21. The Balaban J connectivity index is 1.75. The van der Waals surface area contributed by atoms with Crippen molar-refractivity contribution in [3.63, 3.8) is 0 Å². The molecule has 24 heavy (non-hydrogen) atoms. The summed E-state index contributed by atoms with van der Waals surface area (Å²) in [6.07, 6.45) is 4.30. The van der Waals surface area contributed by atoms with E-state index in [2.05, 4.69) is 5.10 Å². The second-order valence-electron chi connectivity index (χ2n) is 6.27. The van der Waals surface area contributed by atoms with Gasteiger partial charge in [-0.05, 0) is 25.3 Å². The summed E-state index contributed by atoms with van der Waals surface area (Å²) in [5, 5.41) is 5.69. The number of amides is 1. The summed E-state index contributed by atoms with van der Waals surface area (Å²) in [6.45, 7) is 3.58. The predicted octanol–water partition coefficient (Wildman–Crippen LogP) is 0.924. The summed E-state index contributed by atoms with van der Waals surface area (Å²) in [6, 6.07) is 1.51. The zero-order chi connectivity index (χ0) is 17.2. The molecule has 0 radical (unpaired) electrons. The third kappa shape index (κ3) is 3.62. The lowest BCUT2D eigenvalue weighted by Crippen LogP contribution is -2.44. The van der Waals surface area contributed by atoms with Crippen molar-refractivity contribution in [3.8, 4) is 0 Å². The lowest BCUT2D eigenvalue weighted by molar-refractivity contribution is -0.198. The van der Waals surface area contributed by atoms with Gasteiger partial charge >= 0.3 is 0 Å². The molecule has 1 atom stereocenters. The molecular formula is C15H24N4O4S. The highest BCUT2D eigenvalue weighted by Gasteiger charge is 2.34. The van der Waals surface area contributed by atoms with Crippen LogP contribution in [-0.2, 0) is 26.2 Å². The summed E-state index contributed by atoms with van der Waals surface area (Å²) in [5.41, 5.74) is 0.818. The highest BCUT2D eigenvalue weighted by molar-refractivity contribution is 7.89. The first-order valence-electron chi connectivity index (χ1n) is 8.44. The number of nitrogens with zero attached hydrogens (tertiary/aromatic N) is 4. The molecule has 0 N–H and O–H groups in total. The monoisotopic (exact) mass is 356 g/mol. The Hall–Kier alpha value is -1.45. The van der Waals surface area contributed by atoms with Crippen LogP contribution in [0.5, 0.6) is 0 Å². The molecule has 0 bridgehead atoms. The van der Waals surface area contributed by atoms with Crippen molar-refractivity contribution in [2.75, 3.05) is 25.4 Å². The van der Waals surface area contributed by atoms with Gasteiger partial charge in [0.1, 0.15) is 0 Å². The first kappa shape index (κ1) is 17.4. The first-order chi connectivity index (χ1) is 11.5. The van der Waals surface area contributed by atoms with Crippen LogP contribution in [0.3, 0.4) is 0 Å². The van der Waals surface area contributed by atoms with Crippen LogP contribution in [0.15, 0.2) is 12.3 Å². The largest absolute Gasteiger partial charge is 0.273 e. The van der Waals surface area contributed by atoms with Gasteiger partial charge in [0.25, 0.3) is 0 Å². The van der Waals surface area contributed by atoms with Gasteiger partial charge in [-0.15, -0.1) is 0 Å². The summed E-state index contributed by atoms with van der Waals surface area (Å²) in [7, 11) is -3.31. The number of rotatable bonds is 5. The van der Waals surface area contributed by atoms with Crippen LogP contribution in [0.4, 0.5) is 0 Å². The lowest BCUT2D eigenvalue weighted by Gasteiger charge is -2.34. The van der Waals surface area contributed by atoms with Crippen molar-refractivity contribution >= 4 is 15.9 Å². The highest BCUT2D eigenvalue weighted by atomic mass is 32.2. The van der Waals surface area contributed by atoms with Crippen LogP contribution in [0.2, 0.25) is 0 Å². The van der Waals surface area contributed by atoms with E-state index >= 15 is 0 Å². The number of sulfonamides is 1. The summed E-state index contributed by atoms with van der Waals surface area (Å²) in [5.74, 6) is 0.00715. The van der Waals surface area contributed by atoms with Crippen LogP contribution >= 0.6 is 0 Å². The number of carbonyl (C=O) groups is 1. The van der Waals surface area contributed by atoms with Crippen LogP contribution in [0.1, 0.15) is 44.3 Å². The SMILES string of the molecule is CCCS(=O)(=O)N1Cc2ccnn2[C@H](CC(=O)N2CCCCO2)C1. The Morgan fingerprint density at radius 2 is 2.25 bits per heavy atom. The summed E-state index contributed by atoms with van der Waals surface area (Å²) in [4.78, 5) is 17.9. The highest BCUT2D eigenvalue weighted by Crippen LogP contribution is 2.26. The van der Waals surface area contributed by atoms with Gasteiger partial charge in [-0.3, -0.25) is 14.3 Å². The zero-order valence-corrected chi connectivity index (χ0v) is 14.7. The van der Waals surface area contributed by atoms with E-state index in [9.17, 15) is 13.2 Å². The smallest absolute Gasteiger partial charge is 0.248 e. The van der Waals surface area contributed by atoms with Gasteiger partial charge in [0.15, 0.2) is 0 Å². The number of hydrogen-bond acceptors (Lipinski definition) is 5. The molecule has 0 aliphatic carbocycles. The third-order valence-corrected chi connectivity index (χ3v) is 6.39. The average Bonchev–Trinajstić information content (AvgIpc) is 3.04. The Morgan fingerprint density at radius 3 is 2.96 bits per heavy atom. The summed E-state index contributed by atoms with van der Waals surface area (Å²) >= 11 is 0. The van der Waals surface area contributed by atoms with Gasteiger partial charge < -0.3 is 0 Å². The zero-order valence-electron chi connectivity index (χ0n) is 13.9. The maximum Gasteiger partial charge on any atom is 0.248 e. The molecule has 1 aromatic rings. The molecule has 1 aromatic heterocycles. The molecule has 1 saturated heterocycles. The fraction of sp³-hybridized carbons (Fsp3) is 0.733. The Bertz CT molecular complexity index is 681. The van der Waals surface area contributed by atoms with Gasteiger partial charge in [0, 0.05) is 19.3 Å². The van der Waals surface area contributed by atoms with E-state index < -0.39 is 10.0 Å². The molecule has 3 rings (SSSR count). The van der Waals surface area contributed by atoms with Gasteiger partial charge in [-0.1, -0.05) is 6.92 Å². The molecule has 2 aliphatic heterocycles. The number of fused-ring (bicyclic) bond motifs is 1. The van der Waals surface area contributed by atoms with Crippen molar-refractivity contribution in [2.45, 2.75) is 45.2 Å². The molecule has 134 valence electrons. The molecule has 0 saturated carbocycles. The number of hydrogen-bond donors (Lipinski definition) is 0. The van der Waals surface area contributed by atoms with Crippen molar-refractivity contribution in [2.24, 2.45) is 0 Å². The normalized spacial score (nSPS) is 22.4. The van der Waals surface area contributed by atoms with Crippen molar-refractivity contribution < 1.29 is 18.0 Å².